The Morgan fingerprint density at radius 2 is 1.58 bits per heavy atom. The Morgan fingerprint density at radius 1 is 0.756 bits per heavy atom. The van der Waals surface area contributed by atoms with Crippen molar-refractivity contribution in [2.75, 3.05) is 0 Å². The predicted octanol–water partition coefficient (Wildman–Crippen LogP) is 9.47. The van der Waals surface area contributed by atoms with Crippen LogP contribution in [0.2, 0.25) is 0 Å². The average molecular weight is 770 g/mol. The normalized spacial score (nSPS) is 11.2. The molecule has 0 bridgehead atoms. The van der Waals surface area contributed by atoms with Gasteiger partial charge in [0.25, 0.3) is 0 Å². The van der Waals surface area contributed by atoms with Crippen molar-refractivity contribution in [1.82, 2.24) is 19.3 Å². The van der Waals surface area contributed by atoms with E-state index >= 15 is 0 Å². The van der Waals surface area contributed by atoms with Gasteiger partial charge in [-0.1, -0.05) is 55.8 Å². The van der Waals surface area contributed by atoms with E-state index in [2.05, 4.69) is 106 Å². The molecule has 0 aliphatic carbocycles. The van der Waals surface area contributed by atoms with E-state index in [1.165, 1.54) is 27.9 Å². The van der Waals surface area contributed by atoms with Crippen LogP contribution >= 0.6 is 0 Å². The molecular weight excluding hydrogens is 736 g/mol. The summed E-state index contributed by atoms with van der Waals surface area (Å²) in [5.74, 6) is 2.08. The Bertz CT molecular complexity index is 2170. The number of hydrogen-bond acceptors (Lipinski definition) is 3. The summed E-state index contributed by atoms with van der Waals surface area (Å²) in [5, 5.41) is 7.33. The van der Waals surface area contributed by atoms with E-state index in [1.54, 1.807) is 0 Å². The van der Waals surface area contributed by atoms with Crippen molar-refractivity contribution in [3.8, 4) is 34.1 Å². The van der Waals surface area contributed by atoms with Gasteiger partial charge in [-0.15, -0.1) is 35.7 Å². The van der Waals surface area contributed by atoms with Crippen molar-refractivity contribution in [1.29, 1.82) is 0 Å². The van der Waals surface area contributed by atoms with Gasteiger partial charge in [-0.25, -0.2) is 4.98 Å². The first kappa shape index (κ1) is 30.6. The number of para-hydroxylation sites is 1. The molecule has 0 amide bonds. The Labute approximate surface area is 278 Å². The van der Waals surface area contributed by atoms with Crippen LogP contribution in [-0.2, 0) is 33.9 Å². The maximum atomic E-state index is 6.42. The van der Waals surface area contributed by atoms with Crippen LogP contribution in [0.3, 0.4) is 0 Å². The maximum Gasteiger partial charge on any atom is 2.00 e. The second-order valence-electron chi connectivity index (χ2n) is 11.3. The third kappa shape index (κ3) is 5.51. The van der Waals surface area contributed by atoms with Crippen molar-refractivity contribution in [2.24, 2.45) is 0 Å². The zero-order valence-corrected chi connectivity index (χ0v) is 28.4. The van der Waals surface area contributed by atoms with Gasteiger partial charge in [0, 0.05) is 34.5 Å². The minimum Gasteiger partial charge on any atom is -0.509 e. The smallest absolute Gasteiger partial charge is 0.509 e. The van der Waals surface area contributed by atoms with Gasteiger partial charge < -0.3 is 9.30 Å². The molecule has 0 saturated carbocycles. The summed E-state index contributed by atoms with van der Waals surface area (Å²) in [4.78, 5) is 4.69. The van der Waals surface area contributed by atoms with E-state index in [1.807, 2.05) is 41.2 Å². The number of fused-ring (bicyclic) bond motifs is 3. The molecule has 0 saturated heterocycles. The molecule has 0 N–H and O–H groups in total. The number of aromatic nitrogens is 4. The van der Waals surface area contributed by atoms with Crippen LogP contribution in [0.5, 0.6) is 11.5 Å². The summed E-state index contributed by atoms with van der Waals surface area (Å²) >= 11 is 0. The summed E-state index contributed by atoms with van der Waals surface area (Å²) in [6.07, 6.45) is 3.54. The largest absolute Gasteiger partial charge is 2.00 e. The van der Waals surface area contributed by atoms with Gasteiger partial charge in [0.2, 0.25) is 0 Å². The molecule has 0 aliphatic rings. The van der Waals surface area contributed by atoms with E-state index in [0.29, 0.717) is 11.5 Å². The molecule has 4 aromatic carbocycles. The van der Waals surface area contributed by atoms with E-state index in [-0.39, 0.29) is 21.1 Å². The van der Waals surface area contributed by atoms with Crippen LogP contribution < -0.4 is 4.74 Å². The fraction of sp³-hybridized carbons (Fsp3) is 0.179. The van der Waals surface area contributed by atoms with Crippen LogP contribution in [0.25, 0.3) is 44.4 Å². The first-order chi connectivity index (χ1) is 21.4. The minimum absolute atomic E-state index is 0. The van der Waals surface area contributed by atoms with Crippen LogP contribution in [0.1, 0.15) is 41.9 Å². The molecule has 0 atom stereocenters. The van der Waals surface area contributed by atoms with Gasteiger partial charge in [-0.3, -0.25) is 4.68 Å². The monoisotopic (exact) mass is 769 g/mol. The van der Waals surface area contributed by atoms with Crippen molar-refractivity contribution in [3.63, 3.8) is 0 Å². The van der Waals surface area contributed by atoms with E-state index in [4.69, 9.17) is 14.8 Å². The predicted molar refractivity (Wildman–Crippen MR) is 178 cm³/mol. The summed E-state index contributed by atoms with van der Waals surface area (Å²) < 4.78 is 10.6. The summed E-state index contributed by atoms with van der Waals surface area (Å²) in [6.45, 7) is 10.7. The molecule has 226 valence electrons. The molecule has 0 aliphatic heterocycles. The molecular formula is C39H34N4OPt. The second kappa shape index (κ2) is 12.5. The fourth-order valence-electron chi connectivity index (χ4n) is 6.06. The Balaban J connectivity index is 0.00000357. The van der Waals surface area contributed by atoms with E-state index in [0.717, 1.165) is 57.4 Å². The maximum absolute atomic E-state index is 6.42. The van der Waals surface area contributed by atoms with Crippen LogP contribution in [0, 0.1) is 32.9 Å². The Kier molecular flexibility index (Phi) is 8.48. The summed E-state index contributed by atoms with van der Waals surface area (Å²) in [5.41, 5.74) is 11.3. The zero-order valence-electron chi connectivity index (χ0n) is 26.1. The fourth-order valence-corrected chi connectivity index (χ4v) is 6.06. The number of rotatable bonds is 7. The summed E-state index contributed by atoms with van der Waals surface area (Å²) in [6, 6.07) is 36.2. The molecule has 3 aromatic heterocycles. The molecule has 0 spiro atoms. The first-order valence-corrected chi connectivity index (χ1v) is 15.2. The van der Waals surface area contributed by atoms with Gasteiger partial charge in [0.05, 0.1) is 5.69 Å². The standard InChI is InChI=1S/C39H34N4O.Pt/c1-6-34-39(28-16-15-26(4)27(5)22-28)35(7-2)43(41-34)29-11-10-12-30(23-29)44-31-17-18-33-32-13-8-9-14-36(32)42(37(33)24-31)38-21-25(3)19-20-40-38;/h8-22H,6-7H2,1-5H3;/q-2;+2. The molecule has 45 heavy (non-hydrogen) atoms. The molecule has 0 fully saturated rings. The van der Waals surface area contributed by atoms with Gasteiger partial charge in [0.1, 0.15) is 5.82 Å². The van der Waals surface area contributed by atoms with Crippen LogP contribution in [0.4, 0.5) is 0 Å². The molecule has 0 radical (unpaired) electrons. The van der Waals surface area contributed by atoms with Crippen molar-refractivity contribution >= 4 is 21.8 Å². The minimum atomic E-state index is 0. The van der Waals surface area contributed by atoms with Gasteiger partial charge in [-0.2, -0.15) is 17.2 Å². The number of aryl methyl sites for hydroxylation is 4. The number of pyridine rings is 1. The third-order valence-corrected chi connectivity index (χ3v) is 8.41. The van der Waals surface area contributed by atoms with Crippen molar-refractivity contribution in [2.45, 2.75) is 47.5 Å². The molecule has 5 nitrogen and oxygen atoms in total. The van der Waals surface area contributed by atoms with Gasteiger partial charge in [0.15, 0.2) is 0 Å². The van der Waals surface area contributed by atoms with Crippen LogP contribution in [-0.4, -0.2) is 19.3 Å². The van der Waals surface area contributed by atoms with E-state index < -0.39 is 0 Å². The average Bonchev–Trinajstić information content (AvgIpc) is 3.58. The first-order valence-electron chi connectivity index (χ1n) is 15.2. The Hall–Kier alpha value is -4.47. The summed E-state index contributed by atoms with van der Waals surface area (Å²) in [7, 11) is 0. The molecule has 0 unspecified atom stereocenters. The molecule has 6 heteroatoms. The second-order valence-corrected chi connectivity index (χ2v) is 11.3. The van der Waals surface area contributed by atoms with E-state index in [9.17, 15) is 0 Å². The van der Waals surface area contributed by atoms with Crippen molar-refractivity contribution < 1.29 is 25.8 Å². The van der Waals surface area contributed by atoms with Gasteiger partial charge in [-0.05, 0) is 85.1 Å². The Morgan fingerprint density at radius 3 is 2.36 bits per heavy atom. The van der Waals surface area contributed by atoms with Crippen molar-refractivity contribution in [3.05, 3.63) is 131 Å². The molecule has 3 heterocycles. The SMILES string of the molecule is CCc1nn(-c2[c-]c(Oc3[c-]c4c(cc3)c3ccccc3n4-c3cc(C)ccn3)ccc2)c(CC)c1-c1ccc(C)c(C)c1.[Pt+2]. The van der Waals surface area contributed by atoms with Gasteiger partial charge >= 0.3 is 21.1 Å². The number of benzene rings is 4. The van der Waals surface area contributed by atoms with Crippen LogP contribution in [0.15, 0.2) is 91.1 Å². The number of hydrogen-bond donors (Lipinski definition) is 0. The molecule has 7 rings (SSSR count). The molecule has 7 aromatic rings. The number of ether oxygens (including phenoxy) is 1. The number of nitrogens with zero attached hydrogens (tertiary/aromatic N) is 4. The quantitative estimate of drug-likeness (QED) is 0.152. The topological polar surface area (TPSA) is 44.9 Å². The third-order valence-electron chi connectivity index (χ3n) is 8.41. The zero-order chi connectivity index (χ0) is 30.4.